The third kappa shape index (κ3) is 2.82. The Kier molecular flexibility index (Phi) is 3.51. The Morgan fingerprint density at radius 2 is 2.05 bits per heavy atom. The molecule has 3 heterocycles. The number of sulfone groups is 1. The summed E-state index contributed by atoms with van der Waals surface area (Å²) in [5, 5.41) is 4.89. The molecule has 1 fully saturated rings. The lowest BCUT2D eigenvalue weighted by atomic mass is 10.3. The summed E-state index contributed by atoms with van der Waals surface area (Å²) in [4.78, 5) is 10.9. The van der Waals surface area contributed by atoms with Crippen molar-refractivity contribution in [2.45, 2.75) is 6.54 Å². The van der Waals surface area contributed by atoms with Crippen molar-refractivity contribution in [1.82, 2.24) is 24.6 Å². The van der Waals surface area contributed by atoms with Crippen LogP contribution in [-0.4, -0.2) is 57.7 Å². The van der Waals surface area contributed by atoms with Gasteiger partial charge in [-0.2, -0.15) is 5.10 Å². The number of rotatable bonds is 3. The summed E-state index contributed by atoms with van der Waals surface area (Å²) in [6, 6.07) is 0. The normalized spacial score (nSPS) is 19.0. The summed E-state index contributed by atoms with van der Waals surface area (Å²) in [5.74, 6) is 6.98. The van der Waals surface area contributed by atoms with E-state index in [4.69, 9.17) is 5.84 Å². The van der Waals surface area contributed by atoms with Gasteiger partial charge in [-0.1, -0.05) is 0 Å². The highest BCUT2D eigenvalue weighted by Crippen LogP contribution is 2.19. The third-order valence-electron chi connectivity index (χ3n) is 3.58. The second kappa shape index (κ2) is 5.20. The molecule has 1 aliphatic rings. The number of fused-ring (bicyclic) bond motifs is 1. The first-order valence-electron chi connectivity index (χ1n) is 6.56. The van der Waals surface area contributed by atoms with E-state index < -0.39 is 9.84 Å². The molecular formula is C11H17N7O2S. The second-order valence-corrected chi connectivity index (χ2v) is 7.37. The molecule has 1 aliphatic heterocycles. The van der Waals surface area contributed by atoms with Gasteiger partial charge in [0.15, 0.2) is 21.3 Å². The molecule has 0 amide bonds. The van der Waals surface area contributed by atoms with Crippen LogP contribution in [0.5, 0.6) is 0 Å². The molecule has 21 heavy (non-hydrogen) atoms. The van der Waals surface area contributed by atoms with Crippen LogP contribution in [0.1, 0.15) is 5.82 Å². The van der Waals surface area contributed by atoms with Crippen molar-refractivity contribution in [1.29, 1.82) is 0 Å². The van der Waals surface area contributed by atoms with Crippen LogP contribution in [0.2, 0.25) is 0 Å². The highest BCUT2D eigenvalue weighted by molar-refractivity contribution is 7.91. The molecule has 1 saturated heterocycles. The molecular weight excluding hydrogens is 294 g/mol. The third-order valence-corrected chi connectivity index (χ3v) is 5.19. The van der Waals surface area contributed by atoms with Crippen LogP contribution in [-0.2, 0) is 23.4 Å². The topological polar surface area (TPSA) is 119 Å². The van der Waals surface area contributed by atoms with Crippen molar-refractivity contribution in [2.75, 3.05) is 30.0 Å². The Morgan fingerprint density at radius 3 is 2.71 bits per heavy atom. The minimum Gasteiger partial charge on any atom is -0.308 e. The van der Waals surface area contributed by atoms with E-state index in [0.29, 0.717) is 36.9 Å². The molecule has 0 saturated carbocycles. The predicted molar refractivity (Wildman–Crippen MR) is 78.0 cm³/mol. The smallest absolute Gasteiger partial charge is 0.163 e. The Morgan fingerprint density at radius 1 is 1.33 bits per heavy atom. The van der Waals surface area contributed by atoms with Gasteiger partial charge < -0.3 is 5.43 Å². The molecule has 2 aromatic heterocycles. The van der Waals surface area contributed by atoms with E-state index in [2.05, 4.69) is 20.5 Å². The van der Waals surface area contributed by atoms with E-state index in [1.165, 1.54) is 0 Å². The lowest BCUT2D eigenvalue weighted by Gasteiger charge is -2.25. The van der Waals surface area contributed by atoms with E-state index in [1.54, 1.807) is 17.9 Å². The number of hydrazine groups is 1. The number of nitrogen functional groups attached to an aromatic ring is 1. The first kappa shape index (κ1) is 14.2. The first-order valence-corrected chi connectivity index (χ1v) is 8.39. The molecule has 114 valence electrons. The van der Waals surface area contributed by atoms with Crippen molar-refractivity contribution in [3.8, 4) is 0 Å². The maximum atomic E-state index is 11.4. The predicted octanol–water partition coefficient (Wildman–Crippen LogP) is -1.12. The zero-order valence-corrected chi connectivity index (χ0v) is 12.5. The Balaban J connectivity index is 1.86. The summed E-state index contributed by atoms with van der Waals surface area (Å²) in [6.07, 6.45) is 1.65. The molecule has 0 aromatic carbocycles. The summed E-state index contributed by atoms with van der Waals surface area (Å²) >= 11 is 0. The molecule has 0 atom stereocenters. The number of aromatic nitrogens is 4. The molecule has 0 unspecified atom stereocenters. The molecule has 0 radical (unpaired) electrons. The van der Waals surface area contributed by atoms with Crippen molar-refractivity contribution >= 4 is 26.7 Å². The van der Waals surface area contributed by atoms with Gasteiger partial charge in [0.25, 0.3) is 0 Å². The van der Waals surface area contributed by atoms with Crippen molar-refractivity contribution in [2.24, 2.45) is 12.9 Å². The number of nitrogens with zero attached hydrogens (tertiary/aromatic N) is 5. The van der Waals surface area contributed by atoms with Gasteiger partial charge in [0.1, 0.15) is 5.82 Å². The highest BCUT2D eigenvalue weighted by Gasteiger charge is 2.22. The second-order valence-electron chi connectivity index (χ2n) is 5.07. The number of nitrogens with one attached hydrogen (secondary N) is 1. The molecule has 3 rings (SSSR count). The van der Waals surface area contributed by atoms with Gasteiger partial charge in [-0.05, 0) is 0 Å². The molecule has 10 heteroatoms. The van der Waals surface area contributed by atoms with E-state index >= 15 is 0 Å². The SMILES string of the molecule is Cn1ncc2c(NN)nc(CN3CCS(=O)(=O)CC3)nc21. The summed E-state index contributed by atoms with van der Waals surface area (Å²) in [7, 11) is -1.08. The molecule has 9 nitrogen and oxygen atoms in total. The molecule has 2 aromatic rings. The van der Waals surface area contributed by atoms with Gasteiger partial charge in [0, 0.05) is 20.1 Å². The van der Waals surface area contributed by atoms with E-state index in [-0.39, 0.29) is 11.5 Å². The zero-order chi connectivity index (χ0) is 15.0. The van der Waals surface area contributed by atoms with E-state index in [1.807, 2.05) is 4.90 Å². The fraction of sp³-hybridized carbons (Fsp3) is 0.545. The van der Waals surface area contributed by atoms with Gasteiger partial charge >= 0.3 is 0 Å². The Hall–Kier alpha value is -1.78. The van der Waals surface area contributed by atoms with Crippen LogP contribution in [0.25, 0.3) is 11.0 Å². The minimum atomic E-state index is -2.88. The van der Waals surface area contributed by atoms with Crippen molar-refractivity contribution in [3.63, 3.8) is 0 Å². The molecule has 0 bridgehead atoms. The molecule has 0 spiro atoms. The van der Waals surface area contributed by atoms with Gasteiger partial charge in [0.2, 0.25) is 0 Å². The fourth-order valence-corrected chi connectivity index (χ4v) is 3.63. The average Bonchev–Trinajstić information content (AvgIpc) is 2.82. The maximum absolute atomic E-state index is 11.4. The van der Waals surface area contributed by atoms with E-state index in [9.17, 15) is 8.42 Å². The van der Waals surface area contributed by atoms with Crippen LogP contribution in [0, 0.1) is 0 Å². The van der Waals surface area contributed by atoms with Crippen LogP contribution in [0.3, 0.4) is 0 Å². The average molecular weight is 311 g/mol. The van der Waals surface area contributed by atoms with Crippen LogP contribution >= 0.6 is 0 Å². The summed E-state index contributed by atoms with van der Waals surface area (Å²) < 4.78 is 24.5. The molecule has 3 N–H and O–H groups in total. The van der Waals surface area contributed by atoms with Crippen molar-refractivity contribution < 1.29 is 8.42 Å². The first-order chi connectivity index (χ1) is 9.98. The number of nitrogens with two attached hydrogens (primary N) is 1. The van der Waals surface area contributed by atoms with Crippen LogP contribution < -0.4 is 11.3 Å². The van der Waals surface area contributed by atoms with Gasteiger partial charge in [0.05, 0.1) is 29.6 Å². The monoisotopic (exact) mass is 311 g/mol. The van der Waals surface area contributed by atoms with E-state index in [0.717, 1.165) is 5.39 Å². The van der Waals surface area contributed by atoms with Gasteiger partial charge in [-0.25, -0.2) is 24.2 Å². The maximum Gasteiger partial charge on any atom is 0.163 e. The lowest BCUT2D eigenvalue weighted by Crippen LogP contribution is -2.40. The zero-order valence-electron chi connectivity index (χ0n) is 11.7. The standard InChI is InChI=1S/C11H17N7O2S/c1-17-11-8(6-13-17)10(16-12)14-9(15-11)7-18-2-4-21(19,20)5-3-18/h6H,2-5,7,12H2,1H3,(H,14,15,16). The minimum absolute atomic E-state index is 0.183. The largest absolute Gasteiger partial charge is 0.308 e. The number of anilines is 1. The fourth-order valence-electron chi connectivity index (χ4n) is 2.36. The van der Waals surface area contributed by atoms with Crippen LogP contribution in [0.15, 0.2) is 6.20 Å². The molecule has 0 aliphatic carbocycles. The Bertz CT molecular complexity index is 756. The quantitative estimate of drug-likeness (QED) is 0.540. The Labute approximate surface area is 122 Å². The van der Waals surface area contributed by atoms with Crippen LogP contribution in [0.4, 0.5) is 5.82 Å². The highest BCUT2D eigenvalue weighted by atomic mass is 32.2. The van der Waals surface area contributed by atoms with Gasteiger partial charge in [-0.3, -0.25) is 9.58 Å². The number of hydrogen-bond acceptors (Lipinski definition) is 8. The summed E-state index contributed by atoms with van der Waals surface area (Å²) in [6.45, 7) is 1.49. The van der Waals surface area contributed by atoms with Gasteiger partial charge in [-0.15, -0.1) is 0 Å². The number of aryl methyl sites for hydroxylation is 1. The summed E-state index contributed by atoms with van der Waals surface area (Å²) in [5.41, 5.74) is 3.25. The number of hydrogen-bond donors (Lipinski definition) is 2. The van der Waals surface area contributed by atoms with Crippen molar-refractivity contribution in [3.05, 3.63) is 12.0 Å². The lowest BCUT2D eigenvalue weighted by molar-refractivity contribution is 0.281.